The molecule has 0 spiro atoms. The molecule has 1 amide bonds. The fourth-order valence-corrected chi connectivity index (χ4v) is 3.49. The Bertz CT molecular complexity index is 551. The third kappa shape index (κ3) is 3.71. The van der Waals surface area contributed by atoms with E-state index in [4.69, 9.17) is 0 Å². The van der Waals surface area contributed by atoms with E-state index in [-0.39, 0.29) is 17.1 Å². The molecule has 2 rings (SSSR count). The highest BCUT2D eigenvalue weighted by Gasteiger charge is 2.41. The van der Waals surface area contributed by atoms with Crippen molar-refractivity contribution in [1.29, 1.82) is 0 Å². The van der Waals surface area contributed by atoms with Crippen LogP contribution < -0.4 is 5.32 Å². The Morgan fingerprint density at radius 2 is 1.82 bits per heavy atom. The van der Waals surface area contributed by atoms with Gasteiger partial charge in [-0.25, -0.2) is 0 Å². The zero-order valence-electron chi connectivity index (χ0n) is 14.0. The van der Waals surface area contributed by atoms with Gasteiger partial charge in [-0.05, 0) is 52.7 Å². The molecule has 1 fully saturated rings. The molecule has 5 heteroatoms. The van der Waals surface area contributed by atoms with Crippen LogP contribution >= 0.6 is 0 Å². The van der Waals surface area contributed by atoms with E-state index >= 15 is 0 Å². The van der Waals surface area contributed by atoms with Gasteiger partial charge in [0.05, 0.1) is 0 Å². The highest BCUT2D eigenvalue weighted by molar-refractivity contribution is 6.42. The number of Topliss-reactive ketones (excluding diaryl/α,β-unsaturated/α-hetero) is 1. The molecule has 0 saturated carbocycles. The van der Waals surface area contributed by atoms with Gasteiger partial charge in [-0.3, -0.25) is 14.6 Å². The number of likely N-dealkylation sites (N-methyl/N-ethyl adjacent to an activating group) is 1. The number of ketones is 1. The van der Waals surface area contributed by atoms with Crippen molar-refractivity contribution in [2.45, 2.75) is 57.7 Å². The minimum absolute atomic E-state index is 0.0411. The molecule has 0 unspecified atom stereocenters. The lowest BCUT2D eigenvalue weighted by Gasteiger charge is -2.48. The second kappa shape index (κ2) is 5.80. The van der Waals surface area contributed by atoms with E-state index in [1.165, 1.54) is 6.20 Å². The van der Waals surface area contributed by atoms with Gasteiger partial charge in [0.2, 0.25) is 0 Å². The summed E-state index contributed by atoms with van der Waals surface area (Å²) in [6, 6.07) is 3.33. The summed E-state index contributed by atoms with van der Waals surface area (Å²) in [5, 5.41) is 3.58. The number of aromatic nitrogens is 1. The van der Waals surface area contributed by atoms with Crippen LogP contribution in [0, 0.1) is 0 Å². The Kier molecular flexibility index (Phi) is 4.38. The summed E-state index contributed by atoms with van der Waals surface area (Å²) in [4.78, 5) is 30.3. The third-order valence-corrected chi connectivity index (χ3v) is 4.15. The lowest BCUT2D eigenvalue weighted by Crippen LogP contribution is -2.62. The van der Waals surface area contributed by atoms with E-state index in [0.29, 0.717) is 5.56 Å². The van der Waals surface area contributed by atoms with Gasteiger partial charge in [0.25, 0.3) is 11.7 Å². The average Bonchev–Trinajstić information content (AvgIpc) is 2.42. The molecule has 1 saturated heterocycles. The number of hydrogen-bond donors (Lipinski definition) is 1. The molecule has 0 atom stereocenters. The minimum atomic E-state index is -0.496. The predicted molar refractivity (Wildman–Crippen MR) is 85.7 cm³/mol. The quantitative estimate of drug-likeness (QED) is 0.685. The van der Waals surface area contributed by atoms with Crippen LogP contribution in [-0.4, -0.2) is 45.7 Å². The fraction of sp³-hybridized carbons (Fsp3) is 0.588. The summed E-state index contributed by atoms with van der Waals surface area (Å²) in [5.41, 5.74) is 0.197. The zero-order valence-corrected chi connectivity index (χ0v) is 14.0. The molecule has 120 valence electrons. The topological polar surface area (TPSA) is 62.3 Å². The Morgan fingerprint density at radius 3 is 2.32 bits per heavy atom. The van der Waals surface area contributed by atoms with Crippen LogP contribution in [0.4, 0.5) is 0 Å². The van der Waals surface area contributed by atoms with Gasteiger partial charge in [0.15, 0.2) is 0 Å². The summed E-state index contributed by atoms with van der Waals surface area (Å²) in [5.74, 6) is -0.962. The lowest BCUT2D eigenvalue weighted by atomic mass is 9.79. The number of nitrogens with zero attached hydrogens (tertiary/aromatic N) is 2. The monoisotopic (exact) mass is 303 g/mol. The maximum Gasteiger partial charge on any atom is 0.295 e. The van der Waals surface area contributed by atoms with Crippen molar-refractivity contribution in [3.8, 4) is 0 Å². The Balaban J connectivity index is 2.15. The number of carbonyl (C=O) groups excluding carboxylic acids is 2. The van der Waals surface area contributed by atoms with Crippen molar-refractivity contribution in [2.75, 3.05) is 7.05 Å². The van der Waals surface area contributed by atoms with Crippen molar-refractivity contribution in [1.82, 2.24) is 15.2 Å². The number of carbonyl (C=O) groups is 2. The predicted octanol–water partition coefficient (Wildman–Crippen LogP) is 2.03. The first-order valence-electron chi connectivity index (χ1n) is 7.62. The van der Waals surface area contributed by atoms with Crippen LogP contribution in [0.15, 0.2) is 24.5 Å². The van der Waals surface area contributed by atoms with Crippen LogP contribution in [0.1, 0.15) is 50.9 Å². The second-order valence-electron chi connectivity index (χ2n) is 7.44. The van der Waals surface area contributed by atoms with Gasteiger partial charge >= 0.3 is 0 Å². The van der Waals surface area contributed by atoms with E-state index in [9.17, 15) is 9.59 Å². The van der Waals surface area contributed by atoms with Gasteiger partial charge in [0.1, 0.15) is 0 Å². The normalized spacial score (nSPS) is 20.4. The summed E-state index contributed by atoms with van der Waals surface area (Å²) in [6.45, 7) is 8.51. The molecule has 1 aliphatic rings. The van der Waals surface area contributed by atoms with E-state index in [1.54, 1.807) is 30.3 Å². The number of hydrogen-bond acceptors (Lipinski definition) is 4. The molecule has 0 bridgehead atoms. The van der Waals surface area contributed by atoms with E-state index in [1.807, 2.05) is 0 Å². The molecule has 0 aromatic carbocycles. The third-order valence-electron chi connectivity index (χ3n) is 4.15. The lowest BCUT2D eigenvalue weighted by molar-refractivity contribution is -0.128. The highest BCUT2D eigenvalue weighted by Crippen LogP contribution is 2.31. The molecule has 0 aliphatic carbocycles. The number of rotatable bonds is 3. The average molecular weight is 303 g/mol. The Labute approximate surface area is 132 Å². The Hall–Kier alpha value is -1.75. The molecule has 0 radical (unpaired) electrons. The summed E-state index contributed by atoms with van der Waals surface area (Å²) < 4.78 is 0. The fourth-order valence-electron chi connectivity index (χ4n) is 3.49. The van der Waals surface area contributed by atoms with Crippen molar-refractivity contribution in [3.05, 3.63) is 30.1 Å². The molecule has 2 heterocycles. The molecule has 1 aromatic rings. The van der Waals surface area contributed by atoms with Crippen LogP contribution in [0.25, 0.3) is 0 Å². The summed E-state index contributed by atoms with van der Waals surface area (Å²) in [6.07, 6.45) is 4.66. The Morgan fingerprint density at radius 1 is 1.23 bits per heavy atom. The molecular formula is C17H25N3O2. The maximum atomic E-state index is 12.5. The van der Waals surface area contributed by atoms with Crippen molar-refractivity contribution >= 4 is 11.7 Å². The smallest absolute Gasteiger partial charge is 0.295 e. The maximum absolute atomic E-state index is 12.5. The first-order chi connectivity index (χ1) is 10.1. The number of amides is 1. The largest absolute Gasteiger partial charge is 0.336 e. The van der Waals surface area contributed by atoms with Crippen molar-refractivity contribution in [3.63, 3.8) is 0 Å². The van der Waals surface area contributed by atoms with Crippen molar-refractivity contribution < 1.29 is 9.59 Å². The zero-order chi connectivity index (χ0) is 16.5. The van der Waals surface area contributed by atoms with Crippen molar-refractivity contribution in [2.24, 2.45) is 0 Å². The first kappa shape index (κ1) is 16.6. The number of piperidine rings is 1. The molecule has 1 aromatic heterocycles. The van der Waals surface area contributed by atoms with Gasteiger partial charge in [0, 0.05) is 42.1 Å². The van der Waals surface area contributed by atoms with Crippen LogP contribution in [0.2, 0.25) is 0 Å². The van der Waals surface area contributed by atoms with E-state index in [0.717, 1.165) is 12.8 Å². The van der Waals surface area contributed by atoms with Crippen LogP contribution in [0.5, 0.6) is 0 Å². The minimum Gasteiger partial charge on any atom is -0.336 e. The molecule has 22 heavy (non-hydrogen) atoms. The molecule has 5 nitrogen and oxygen atoms in total. The van der Waals surface area contributed by atoms with E-state index in [2.05, 4.69) is 38.0 Å². The first-order valence-corrected chi connectivity index (χ1v) is 7.62. The number of pyridine rings is 1. The highest BCUT2D eigenvalue weighted by atomic mass is 16.2. The SMILES string of the molecule is CN(C(=O)C(=O)c1cccnc1)C1CC(C)(C)NC(C)(C)C1. The van der Waals surface area contributed by atoms with Crippen LogP contribution in [-0.2, 0) is 4.79 Å². The van der Waals surface area contributed by atoms with Gasteiger partial charge in [-0.1, -0.05) is 0 Å². The summed E-state index contributed by atoms with van der Waals surface area (Å²) >= 11 is 0. The standard InChI is InChI=1S/C17H25N3O2/c1-16(2)9-13(10-17(3,4)19-16)20(5)15(22)14(21)12-7-6-8-18-11-12/h6-8,11,13,19H,9-10H2,1-5H3. The van der Waals surface area contributed by atoms with Gasteiger partial charge in [-0.15, -0.1) is 0 Å². The molecule has 1 aliphatic heterocycles. The van der Waals surface area contributed by atoms with Gasteiger partial charge < -0.3 is 10.2 Å². The van der Waals surface area contributed by atoms with Gasteiger partial charge in [-0.2, -0.15) is 0 Å². The summed E-state index contributed by atoms with van der Waals surface area (Å²) in [7, 11) is 1.72. The second-order valence-corrected chi connectivity index (χ2v) is 7.44. The van der Waals surface area contributed by atoms with Crippen LogP contribution in [0.3, 0.4) is 0 Å². The molecule has 1 N–H and O–H groups in total. The number of nitrogens with one attached hydrogen (secondary N) is 1. The molecular weight excluding hydrogens is 278 g/mol. The van der Waals surface area contributed by atoms with E-state index < -0.39 is 11.7 Å².